The summed E-state index contributed by atoms with van der Waals surface area (Å²) in [5.74, 6) is -2.44. The van der Waals surface area contributed by atoms with E-state index in [2.05, 4.69) is 20.0 Å². The summed E-state index contributed by atoms with van der Waals surface area (Å²) >= 11 is 0. The molecule has 0 unspecified atom stereocenters. The van der Waals surface area contributed by atoms with Crippen LogP contribution in [0.4, 0.5) is 10.1 Å². The number of benzene rings is 1. The molecule has 1 aromatic carbocycles. The second kappa shape index (κ2) is 7.88. The van der Waals surface area contributed by atoms with Crippen molar-refractivity contribution in [3.05, 3.63) is 30.1 Å². The summed E-state index contributed by atoms with van der Waals surface area (Å²) in [7, 11) is 0. The van der Waals surface area contributed by atoms with Crippen LogP contribution >= 0.6 is 0 Å². The number of ether oxygens (including phenoxy) is 2. The predicted octanol–water partition coefficient (Wildman–Crippen LogP) is 1.72. The molecule has 1 aromatic rings. The van der Waals surface area contributed by atoms with E-state index in [0.29, 0.717) is 0 Å². The van der Waals surface area contributed by atoms with Crippen molar-refractivity contribution in [1.29, 1.82) is 0 Å². The molecule has 6 nitrogen and oxygen atoms in total. The Bertz CT molecular complexity index is 497. The molecule has 0 saturated carbocycles. The van der Waals surface area contributed by atoms with Gasteiger partial charge in [0.1, 0.15) is 5.82 Å². The lowest BCUT2D eigenvalue weighted by atomic mass is 10.3. The zero-order valence-corrected chi connectivity index (χ0v) is 11.2. The van der Waals surface area contributed by atoms with E-state index >= 15 is 0 Å². The zero-order chi connectivity index (χ0) is 15.0. The largest absolute Gasteiger partial charge is 0.461 e. The van der Waals surface area contributed by atoms with Crippen LogP contribution in [0.25, 0.3) is 0 Å². The van der Waals surface area contributed by atoms with Crippen LogP contribution in [0.3, 0.4) is 0 Å². The molecule has 0 amide bonds. The molecule has 1 N–H and O–H groups in total. The molecule has 0 saturated heterocycles. The van der Waals surface area contributed by atoms with Gasteiger partial charge in [-0.1, -0.05) is 12.1 Å². The normalized spacial score (nSPS) is 9.55. The molecule has 108 valence electrons. The molecule has 20 heavy (non-hydrogen) atoms. The van der Waals surface area contributed by atoms with Crippen LogP contribution in [-0.2, 0) is 19.1 Å². The van der Waals surface area contributed by atoms with E-state index in [1.165, 1.54) is 18.2 Å². The van der Waals surface area contributed by atoms with E-state index < -0.39 is 23.5 Å². The van der Waals surface area contributed by atoms with Crippen molar-refractivity contribution in [2.24, 2.45) is 5.10 Å². The number of halogens is 1. The van der Waals surface area contributed by atoms with Crippen molar-refractivity contribution in [3.8, 4) is 0 Å². The van der Waals surface area contributed by atoms with Gasteiger partial charge in [0.25, 0.3) is 5.71 Å². The van der Waals surface area contributed by atoms with Gasteiger partial charge in [0.05, 0.1) is 18.9 Å². The first-order valence-corrected chi connectivity index (χ1v) is 6.02. The summed E-state index contributed by atoms with van der Waals surface area (Å²) in [6, 6.07) is 5.70. The molecule has 0 spiro atoms. The van der Waals surface area contributed by atoms with Crippen LogP contribution in [0, 0.1) is 5.82 Å². The fraction of sp³-hybridized carbons (Fsp3) is 0.308. The SMILES string of the molecule is CCOC(=O)C(=NNc1ccccc1F)C(=O)OCC. The van der Waals surface area contributed by atoms with Crippen LogP contribution in [0.15, 0.2) is 29.4 Å². The molecular weight excluding hydrogens is 267 g/mol. The maximum Gasteiger partial charge on any atom is 0.366 e. The van der Waals surface area contributed by atoms with Gasteiger partial charge < -0.3 is 9.47 Å². The van der Waals surface area contributed by atoms with E-state index in [9.17, 15) is 14.0 Å². The molecule has 0 radical (unpaired) electrons. The Kier molecular flexibility index (Phi) is 6.15. The average Bonchev–Trinajstić information content (AvgIpc) is 2.41. The Morgan fingerprint density at radius 2 is 1.70 bits per heavy atom. The summed E-state index contributed by atoms with van der Waals surface area (Å²) in [5.41, 5.74) is 1.76. The highest BCUT2D eigenvalue weighted by molar-refractivity contribution is 6.62. The first kappa shape index (κ1) is 15.6. The van der Waals surface area contributed by atoms with Gasteiger partial charge in [-0.05, 0) is 26.0 Å². The first-order valence-electron chi connectivity index (χ1n) is 6.02. The Morgan fingerprint density at radius 1 is 1.15 bits per heavy atom. The van der Waals surface area contributed by atoms with Gasteiger partial charge in [0.2, 0.25) is 0 Å². The summed E-state index contributed by atoms with van der Waals surface area (Å²) < 4.78 is 22.7. The minimum Gasteiger partial charge on any atom is -0.461 e. The molecule has 0 aliphatic heterocycles. The molecule has 0 aromatic heterocycles. The van der Waals surface area contributed by atoms with Gasteiger partial charge >= 0.3 is 11.9 Å². The lowest BCUT2D eigenvalue weighted by Crippen LogP contribution is -2.29. The molecule has 0 aliphatic rings. The number of esters is 2. The standard InChI is InChI=1S/C13H15FN2O4/c1-3-19-12(17)11(13(18)20-4-2)16-15-10-8-6-5-7-9(10)14/h5-8,15H,3-4H2,1-2H3. The number of carbonyl (C=O) groups is 2. The number of nitrogens with one attached hydrogen (secondary N) is 1. The number of para-hydroxylation sites is 1. The monoisotopic (exact) mass is 282 g/mol. The lowest BCUT2D eigenvalue weighted by molar-refractivity contribution is -0.140. The molecular formula is C13H15FN2O4. The molecule has 1 rings (SSSR count). The fourth-order valence-electron chi connectivity index (χ4n) is 1.24. The van der Waals surface area contributed by atoms with Crippen LogP contribution in [0.1, 0.15) is 13.8 Å². The Labute approximate surface area is 115 Å². The van der Waals surface area contributed by atoms with Gasteiger partial charge in [-0.15, -0.1) is 0 Å². The fourth-order valence-corrected chi connectivity index (χ4v) is 1.24. The van der Waals surface area contributed by atoms with E-state index in [1.54, 1.807) is 19.9 Å². The van der Waals surface area contributed by atoms with Crippen LogP contribution < -0.4 is 5.43 Å². The number of nitrogens with zero attached hydrogens (tertiary/aromatic N) is 1. The third-order valence-corrected chi connectivity index (χ3v) is 2.10. The molecule has 0 fully saturated rings. The maximum absolute atomic E-state index is 13.4. The average molecular weight is 282 g/mol. The summed E-state index contributed by atoms with van der Waals surface area (Å²) in [6.45, 7) is 3.34. The van der Waals surface area contributed by atoms with E-state index in [-0.39, 0.29) is 18.9 Å². The van der Waals surface area contributed by atoms with Gasteiger partial charge in [-0.3, -0.25) is 5.43 Å². The number of hydrazone groups is 1. The third-order valence-electron chi connectivity index (χ3n) is 2.10. The van der Waals surface area contributed by atoms with Crippen LogP contribution in [-0.4, -0.2) is 30.9 Å². The van der Waals surface area contributed by atoms with Crippen LogP contribution in [0.5, 0.6) is 0 Å². The minimum absolute atomic E-state index is 0.0265. The smallest absolute Gasteiger partial charge is 0.366 e. The molecule has 0 bridgehead atoms. The predicted molar refractivity (Wildman–Crippen MR) is 70.7 cm³/mol. The van der Waals surface area contributed by atoms with Gasteiger partial charge in [-0.25, -0.2) is 14.0 Å². The zero-order valence-electron chi connectivity index (χ0n) is 11.2. The van der Waals surface area contributed by atoms with Crippen molar-refractivity contribution >= 4 is 23.3 Å². The van der Waals surface area contributed by atoms with Crippen molar-refractivity contribution < 1.29 is 23.5 Å². The molecule has 0 atom stereocenters. The van der Waals surface area contributed by atoms with Crippen molar-refractivity contribution in [2.75, 3.05) is 18.6 Å². The van der Waals surface area contributed by atoms with E-state index in [1.807, 2.05) is 0 Å². The number of hydrogen-bond acceptors (Lipinski definition) is 6. The second-order valence-corrected chi connectivity index (χ2v) is 3.49. The topological polar surface area (TPSA) is 77.0 Å². The van der Waals surface area contributed by atoms with Crippen molar-refractivity contribution in [2.45, 2.75) is 13.8 Å². The van der Waals surface area contributed by atoms with E-state index in [0.717, 1.165) is 0 Å². The van der Waals surface area contributed by atoms with E-state index in [4.69, 9.17) is 0 Å². The van der Waals surface area contributed by atoms with Crippen molar-refractivity contribution in [1.82, 2.24) is 0 Å². The summed E-state index contributed by atoms with van der Waals surface area (Å²) in [5, 5.41) is 3.57. The third kappa shape index (κ3) is 4.34. The highest BCUT2D eigenvalue weighted by Crippen LogP contribution is 2.12. The van der Waals surface area contributed by atoms with Crippen LogP contribution in [0.2, 0.25) is 0 Å². The van der Waals surface area contributed by atoms with Crippen molar-refractivity contribution in [3.63, 3.8) is 0 Å². The Hall–Kier alpha value is -2.44. The maximum atomic E-state index is 13.4. The second-order valence-electron chi connectivity index (χ2n) is 3.49. The molecule has 0 heterocycles. The molecule has 0 aliphatic carbocycles. The summed E-state index contributed by atoms with van der Waals surface area (Å²) in [6.07, 6.45) is 0. The highest BCUT2D eigenvalue weighted by atomic mass is 19.1. The number of hydrogen-bond donors (Lipinski definition) is 1. The highest BCUT2D eigenvalue weighted by Gasteiger charge is 2.23. The first-order chi connectivity index (χ1) is 9.60. The Balaban J connectivity index is 2.92. The Morgan fingerprint density at radius 3 is 2.20 bits per heavy atom. The minimum atomic E-state index is -0.935. The number of anilines is 1. The number of rotatable bonds is 6. The van der Waals surface area contributed by atoms with Gasteiger partial charge in [0, 0.05) is 0 Å². The van der Waals surface area contributed by atoms with Gasteiger partial charge in [-0.2, -0.15) is 5.10 Å². The number of carbonyl (C=O) groups excluding carboxylic acids is 2. The quantitative estimate of drug-likeness (QED) is 0.372. The lowest BCUT2D eigenvalue weighted by Gasteiger charge is -2.07. The van der Waals surface area contributed by atoms with Gasteiger partial charge in [0.15, 0.2) is 0 Å². The summed E-state index contributed by atoms with van der Waals surface area (Å²) in [4.78, 5) is 23.2. The molecule has 7 heteroatoms.